The molecular formula is C10H17FN2. The Balaban J connectivity index is 4.69. The first kappa shape index (κ1) is 12.1. The van der Waals surface area contributed by atoms with Crippen LogP contribution in [0.15, 0.2) is 36.2 Å². The number of allylic oxidation sites excluding steroid dienone is 3. The summed E-state index contributed by atoms with van der Waals surface area (Å²) in [4.78, 5) is 0. The Morgan fingerprint density at radius 1 is 1.69 bits per heavy atom. The van der Waals surface area contributed by atoms with Crippen LogP contribution in [0.1, 0.15) is 20.3 Å². The van der Waals surface area contributed by atoms with E-state index in [1.165, 1.54) is 13.0 Å². The maximum atomic E-state index is 12.6. The molecule has 0 saturated carbocycles. The third-order valence-corrected chi connectivity index (χ3v) is 1.69. The Bertz CT molecular complexity index is 211. The van der Waals surface area contributed by atoms with Crippen molar-refractivity contribution < 1.29 is 4.39 Å². The molecule has 0 fully saturated rings. The van der Waals surface area contributed by atoms with Gasteiger partial charge in [0.1, 0.15) is 0 Å². The lowest BCUT2D eigenvalue weighted by molar-refractivity contribution is 0.578. The molecule has 0 spiro atoms. The molecule has 3 N–H and O–H groups in total. The molecule has 0 heterocycles. The zero-order chi connectivity index (χ0) is 10.3. The van der Waals surface area contributed by atoms with Crippen molar-refractivity contribution >= 4 is 0 Å². The number of hydrazine groups is 1. The summed E-state index contributed by atoms with van der Waals surface area (Å²) in [5.41, 5.74) is 3.42. The van der Waals surface area contributed by atoms with Gasteiger partial charge in [0, 0.05) is 6.04 Å². The van der Waals surface area contributed by atoms with Crippen LogP contribution in [-0.4, -0.2) is 6.04 Å². The summed E-state index contributed by atoms with van der Waals surface area (Å²) < 4.78 is 12.6. The van der Waals surface area contributed by atoms with Crippen LogP contribution in [0.4, 0.5) is 4.39 Å². The molecule has 0 aliphatic carbocycles. The highest BCUT2D eigenvalue weighted by atomic mass is 19.1. The highest BCUT2D eigenvalue weighted by Gasteiger charge is 2.07. The minimum atomic E-state index is -0.234. The molecule has 0 aromatic heterocycles. The average molecular weight is 184 g/mol. The van der Waals surface area contributed by atoms with Crippen molar-refractivity contribution in [3.05, 3.63) is 36.2 Å². The normalized spacial score (nSPS) is 15.7. The van der Waals surface area contributed by atoms with Gasteiger partial charge >= 0.3 is 0 Å². The second kappa shape index (κ2) is 6.57. The number of nitrogens with one attached hydrogen (secondary N) is 1. The molecule has 0 aromatic carbocycles. The average Bonchev–Trinajstić information content (AvgIpc) is 2.05. The maximum absolute atomic E-state index is 12.6. The fraction of sp³-hybridized carbons (Fsp3) is 0.400. The molecular weight excluding hydrogens is 167 g/mol. The maximum Gasteiger partial charge on any atom is 0.0972 e. The molecule has 0 amide bonds. The SMILES string of the molecule is C=C/C=C(\C=C(/C)F)C(CC)NN. The third kappa shape index (κ3) is 4.60. The number of nitrogens with two attached hydrogens (primary N) is 1. The van der Waals surface area contributed by atoms with Gasteiger partial charge < -0.3 is 0 Å². The summed E-state index contributed by atoms with van der Waals surface area (Å²) in [6, 6.07) is -0.0244. The number of hydrogen-bond donors (Lipinski definition) is 2. The van der Waals surface area contributed by atoms with E-state index in [0.717, 1.165) is 12.0 Å². The van der Waals surface area contributed by atoms with E-state index in [2.05, 4.69) is 12.0 Å². The fourth-order valence-electron chi connectivity index (χ4n) is 1.08. The van der Waals surface area contributed by atoms with E-state index in [9.17, 15) is 4.39 Å². The molecule has 2 nitrogen and oxygen atoms in total. The lowest BCUT2D eigenvalue weighted by Gasteiger charge is -2.14. The van der Waals surface area contributed by atoms with E-state index in [1.807, 2.05) is 6.92 Å². The second-order valence-corrected chi connectivity index (χ2v) is 2.76. The summed E-state index contributed by atoms with van der Waals surface area (Å²) >= 11 is 0. The number of halogens is 1. The van der Waals surface area contributed by atoms with Gasteiger partial charge in [-0.25, -0.2) is 4.39 Å². The standard InChI is InChI=1S/C10H17FN2/c1-4-6-9(7-8(3)11)10(5-2)13-12/h4,6-7,10,13H,1,5,12H2,2-3H3/b8-7+,9-6+. The predicted octanol–water partition coefficient (Wildman–Crippen LogP) is 2.21. The first-order valence-corrected chi connectivity index (χ1v) is 4.28. The quantitative estimate of drug-likeness (QED) is 0.390. The first-order valence-electron chi connectivity index (χ1n) is 4.28. The van der Waals surface area contributed by atoms with Crippen LogP contribution < -0.4 is 11.3 Å². The minimum absolute atomic E-state index is 0.0244. The van der Waals surface area contributed by atoms with Crippen LogP contribution in [-0.2, 0) is 0 Å². The monoisotopic (exact) mass is 184 g/mol. The van der Waals surface area contributed by atoms with Crippen molar-refractivity contribution in [1.82, 2.24) is 5.43 Å². The molecule has 1 atom stereocenters. The van der Waals surface area contributed by atoms with E-state index in [-0.39, 0.29) is 11.9 Å². The van der Waals surface area contributed by atoms with E-state index in [1.54, 1.807) is 12.2 Å². The van der Waals surface area contributed by atoms with E-state index < -0.39 is 0 Å². The Kier molecular flexibility index (Phi) is 6.10. The van der Waals surface area contributed by atoms with Crippen LogP contribution in [0, 0.1) is 0 Å². The molecule has 0 rings (SSSR count). The van der Waals surface area contributed by atoms with Gasteiger partial charge in [-0.3, -0.25) is 11.3 Å². The van der Waals surface area contributed by atoms with Gasteiger partial charge in [0.15, 0.2) is 0 Å². The van der Waals surface area contributed by atoms with Crippen LogP contribution >= 0.6 is 0 Å². The predicted molar refractivity (Wildman–Crippen MR) is 54.5 cm³/mol. The van der Waals surface area contributed by atoms with Crippen LogP contribution in [0.2, 0.25) is 0 Å². The smallest absolute Gasteiger partial charge is 0.0972 e. The molecule has 13 heavy (non-hydrogen) atoms. The molecule has 0 aliphatic heterocycles. The van der Waals surface area contributed by atoms with Gasteiger partial charge in [-0.2, -0.15) is 0 Å². The molecule has 1 unspecified atom stereocenters. The summed E-state index contributed by atoms with van der Waals surface area (Å²) in [5, 5.41) is 0. The van der Waals surface area contributed by atoms with Gasteiger partial charge in [0.2, 0.25) is 0 Å². The second-order valence-electron chi connectivity index (χ2n) is 2.76. The summed E-state index contributed by atoms with van der Waals surface area (Å²) in [7, 11) is 0. The highest BCUT2D eigenvalue weighted by molar-refractivity contribution is 5.29. The van der Waals surface area contributed by atoms with Gasteiger partial charge in [0.25, 0.3) is 0 Å². The van der Waals surface area contributed by atoms with Crippen molar-refractivity contribution in [1.29, 1.82) is 0 Å². The molecule has 3 heteroatoms. The van der Waals surface area contributed by atoms with Crippen molar-refractivity contribution in [3.8, 4) is 0 Å². The van der Waals surface area contributed by atoms with Crippen molar-refractivity contribution in [2.45, 2.75) is 26.3 Å². The van der Waals surface area contributed by atoms with Gasteiger partial charge in [-0.15, -0.1) is 0 Å². The highest BCUT2D eigenvalue weighted by Crippen LogP contribution is 2.10. The Hall–Kier alpha value is -0.930. The van der Waals surface area contributed by atoms with Crippen molar-refractivity contribution in [3.63, 3.8) is 0 Å². The summed E-state index contributed by atoms with van der Waals surface area (Å²) in [6.45, 7) is 6.94. The Morgan fingerprint density at radius 2 is 2.31 bits per heavy atom. The van der Waals surface area contributed by atoms with E-state index in [4.69, 9.17) is 5.84 Å². The molecule has 74 valence electrons. The van der Waals surface area contributed by atoms with E-state index >= 15 is 0 Å². The summed E-state index contributed by atoms with van der Waals surface area (Å²) in [5.74, 6) is 5.08. The molecule has 0 bridgehead atoms. The molecule has 0 aliphatic rings. The third-order valence-electron chi connectivity index (χ3n) is 1.69. The van der Waals surface area contributed by atoms with Crippen LogP contribution in [0.5, 0.6) is 0 Å². The molecule has 0 saturated heterocycles. The lowest BCUT2D eigenvalue weighted by Crippen LogP contribution is -2.35. The van der Waals surface area contributed by atoms with Gasteiger partial charge in [0.05, 0.1) is 5.83 Å². The largest absolute Gasteiger partial charge is 0.271 e. The van der Waals surface area contributed by atoms with Crippen molar-refractivity contribution in [2.75, 3.05) is 0 Å². The Labute approximate surface area is 79.0 Å². The van der Waals surface area contributed by atoms with Crippen LogP contribution in [0.25, 0.3) is 0 Å². The Morgan fingerprint density at radius 3 is 2.62 bits per heavy atom. The number of hydrogen-bond acceptors (Lipinski definition) is 2. The van der Waals surface area contributed by atoms with Gasteiger partial charge in [-0.1, -0.05) is 25.7 Å². The first-order chi connectivity index (χ1) is 6.15. The number of rotatable bonds is 5. The zero-order valence-electron chi connectivity index (χ0n) is 8.18. The van der Waals surface area contributed by atoms with Crippen molar-refractivity contribution in [2.24, 2.45) is 5.84 Å². The topological polar surface area (TPSA) is 38.0 Å². The van der Waals surface area contributed by atoms with E-state index in [0.29, 0.717) is 0 Å². The van der Waals surface area contributed by atoms with Gasteiger partial charge in [-0.05, 0) is 25.0 Å². The zero-order valence-corrected chi connectivity index (χ0v) is 8.18. The lowest BCUT2D eigenvalue weighted by atomic mass is 10.0. The van der Waals surface area contributed by atoms with Crippen LogP contribution in [0.3, 0.4) is 0 Å². The molecule has 0 aromatic rings. The minimum Gasteiger partial charge on any atom is -0.271 e. The molecule has 0 radical (unpaired) electrons. The summed E-state index contributed by atoms with van der Waals surface area (Å²) in [6.07, 6.45) is 5.63. The fourth-order valence-corrected chi connectivity index (χ4v) is 1.08.